The maximum absolute atomic E-state index is 14.3. The standard InChI is InChI=1S/C25H27FN4O5/c1-4-32-24(31)19-13-27-30-11-9-22(28-23(19)30)29-10-5-6-20(29)18-12-16(26)7-8-21(18)33-14-17-15-34-25(2,3)35-17/h7-9,11-13,15,20H,4-6,10,14H2,1-3H3/t20-/m1/s1. The Morgan fingerprint density at radius 1 is 1.31 bits per heavy atom. The van der Waals surface area contributed by atoms with Gasteiger partial charge in [-0.25, -0.2) is 18.7 Å². The van der Waals surface area contributed by atoms with E-state index in [4.69, 9.17) is 23.9 Å². The zero-order valence-electron chi connectivity index (χ0n) is 19.9. The molecule has 0 radical (unpaired) electrons. The molecule has 1 aromatic carbocycles. The van der Waals surface area contributed by atoms with Crippen LogP contribution in [0, 0.1) is 5.82 Å². The minimum Gasteiger partial charge on any atom is -0.485 e. The fourth-order valence-corrected chi connectivity index (χ4v) is 4.43. The molecular formula is C25H27FN4O5. The Labute approximate surface area is 202 Å². The summed E-state index contributed by atoms with van der Waals surface area (Å²) in [5.41, 5.74) is 1.44. The normalized spacial score (nSPS) is 18.8. The van der Waals surface area contributed by atoms with E-state index >= 15 is 0 Å². The summed E-state index contributed by atoms with van der Waals surface area (Å²) in [6, 6.07) is 6.20. The van der Waals surface area contributed by atoms with Crippen molar-refractivity contribution in [2.24, 2.45) is 0 Å². The number of fused-ring (bicyclic) bond motifs is 1. The third kappa shape index (κ3) is 4.60. The van der Waals surface area contributed by atoms with Crippen LogP contribution in [-0.2, 0) is 14.2 Å². The second-order valence-electron chi connectivity index (χ2n) is 8.86. The lowest BCUT2D eigenvalue weighted by Crippen LogP contribution is -2.25. The van der Waals surface area contributed by atoms with Crippen molar-refractivity contribution in [1.82, 2.24) is 14.6 Å². The van der Waals surface area contributed by atoms with E-state index < -0.39 is 11.8 Å². The first-order chi connectivity index (χ1) is 16.8. The summed E-state index contributed by atoms with van der Waals surface area (Å²) in [7, 11) is 0. The molecule has 0 spiro atoms. The van der Waals surface area contributed by atoms with Crippen LogP contribution in [0.3, 0.4) is 0 Å². The second kappa shape index (κ2) is 9.09. The molecule has 2 aliphatic heterocycles. The van der Waals surface area contributed by atoms with Crippen LogP contribution in [0.4, 0.5) is 10.2 Å². The summed E-state index contributed by atoms with van der Waals surface area (Å²) >= 11 is 0. The highest BCUT2D eigenvalue weighted by atomic mass is 19.1. The fourth-order valence-electron chi connectivity index (χ4n) is 4.43. The smallest absolute Gasteiger partial charge is 0.343 e. The Hall–Kier alpha value is -3.82. The van der Waals surface area contributed by atoms with E-state index in [9.17, 15) is 9.18 Å². The molecule has 9 nitrogen and oxygen atoms in total. The van der Waals surface area contributed by atoms with Crippen molar-refractivity contribution in [2.75, 3.05) is 24.7 Å². The van der Waals surface area contributed by atoms with Gasteiger partial charge in [0.25, 0.3) is 0 Å². The molecule has 0 N–H and O–H groups in total. The van der Waals surface area contributed by atoms with Gasteiger partial charge in [-0.15, -0.1) is 0 Å². The van der Waals surface area contributed by atoms with Gasteiger partial charge < -0.3 is 23.8 Å². The minimum absolute atomic E-state index is 0.157. The molecule has 1 atom stereocenters. The number of hydrogen-bond donors (Lipinski definition) is 0. The molecule has 0 bridgehead atoms. The van der Waals surface area contributed by atoms with E-state index in [1.165, 1.54) is 29.1 Å². The Balaban J connectivity index is 1.43. The number of anilines is 1. The third-order valence-electron chi connectivity index (χ3n) is 5.95. The number of rotatable bonds is 7. The molecule has 35 heavy (non-hydrogen) atoms. The summed E-state index contributed by atoms with van der Waals surface area (Å²) in [6.45, 7) is 6.53. The average Bonchev–Trinajstić information content (AvgIpc) is 3.55. The SMILES string of the molecule is CCOC(=O)c1cnn2ccc(N3CCC[C@@H]3c3cc(F)ccc3OCC3=COC(C)(C)O3)nc12. The zero-order valence-corrected chi connectivity index (χ0v) is 19.9. The number of benzene rings is 1. The van der Waals surface area contributed by atoms with Crippen LogP contribution >= 0.6 is 0 Å². The second-order valence-corrected chi connectivity index (χ2v) is 8.86. The van der Waals surface area contributed by atoms with Crippen molar-refractivity contribution in [3.05, 3.63) is 65.6 Å². The first kappa shape index (κ1) is 22.9. The van der Waals surface area contributed by atoms with Gasteiger partial charge in [-0.1, -0.05) is 0 Å². The molecular weight excluding hydrogens is 455 g/mol. The van der Waals surface area contributed by atoms with Crippen LogP contribution in [0.5, 0.6) is 5.75 Å². The molecule has 184 valence electrons. The molecule has 0 aliphatic carbocycles. The van der Waals surface area contributed by atoms with Crippen LogP contribution < -0.4 is 9.64 Å². The summed E-state index contributed by atoms with van der Waals surface area (Å²) in [4.78, 5) is 19.1. The molecule has 2 aromatic heterocycles. The highest BCUT2D eigenvalue weighted by Crippen LogP contribution is 2.40. The number of hydrogen-bond acceptors (Lipinski definition) is 8. The van der Waals surface area contributed by atoms with Gasteiger partial charge in [0.15, 0.2) is 11.4 Å². The topological polar surface area (TPSA) is 87.4 Å². The highest BCUT2D eigenvalue weighted by molar-refractivity contribution is 5.95. The van der Waals surface area contributed by atoms with Gasteiger partial charge in [-0.3, -0.25) is 0 Å². The van der Waals surface area contributed by atoms with Gasteiger partial charge in [-0.2, -0.15) is 5.10 Å². The molecule has 10 heteroatoms. The number of halogens is 1. The minimum atomic E-state index is -0.729. The maximum atomic E-state index is 14.3. The molecule has 0 unspecified atom stereocenters. The Kier molecular flexibility index (Phi) is 5.96. The van der Waals surface area contributed by atoms with E-state index in [1.807, 2.05) is 19.9 Å². The molecule has 2 aliphatic rings. The van der Waals surface area contributed by atoms with Crippen LogP contribution in [0.25, 0.3) is 5.65 Å². The zero-order chi connectivity index (χ0) is 24.6. The third-order valence-corrected chi connectivity index (χ3v) is 5.95. The van der Waals surface area contributed by atoms with Crippen molar-refractivity contribution in [3.8, 4) is 5.75 Å². The average molecular weight is 483 g/mol. The molecule has 3 aromatic rings. The summed E-state index contributed by atoms with van der Waals surface area (Å²) < 4.78 is 38.2. The summed E-state index contributed by atoms with van der Waals surface area (Å²) in [5.74, 6) is 0.249. The molecule has 0 amide bonds. The molecule has 0 saturated carbocycles. The number of ether oxygens (including phenoxy) is 4. The van der Waals surface area contributed by atoms with E-state index in [0.29, 0.717) is 28.5 Å². The lowest BCUT2D eigenvalue weighted by Gasteiger charge is -2.27. The van der Waals surface area contributed by atoms with E-state index in [0.717, 1.165) is 24.9 Å². The van der Waals surface area contributed by atoms with Crippen LogP contribution in [0.15, 0.2) is 48.7 Å². The predicted octanol–water partition coefficient (Wildman–Crippen LogP) is 4.39. The number of carbonyl (C=O) groups excluding carboxylic acids is 1. The molecule has 1 fully saturated rings. The quantitative estimate of drug-likeness (QED) is 0.459. The van der Waals surface area contributed by atoms with Gasteiger partial charge in [0.2, 0.25) is 5.79 Å². The molecule has 1 saturated heterocycles. The van der Waals surface area contributed by atoms with Crippen molar-refractivity contribution in [2.45, 2.75) is 45.4 Å². The van der Waals surface area contributed by atoms with Gasteiger partial charge in [0, 0.05) is 32.2 Å². The number of esters is 1. The number of nitrogens with zero attached hydrogens (tertiary/aromatic N) is 4. The van der Waals surface area contributed by atoms with Crippen molar-refractivity contribution in [1.29, 1.82) is 0 Å². The number of carbonyl (C=O) groups is 1. The predicted molar refractivity (Wildman–Crippen MR) is 124 cm³/mol. The lowest BCUT2D eigenvalue weighted by molar-refractivity contribution is -0.119. The summed E-state index contributed by atoms with van der Waals surface area (Å²) in [5, 5.41) is 4.20. The van der Waals surface area contributed by atoms with E-state index in [1.54, 1.807) is 19.2 Å². The molecule has 5 rings (SSSR count). The molecule has 4 heterocycles. The fraction of sp³-hybridized carbons (Fsp3) is 0.400. The largest absolute Gasteiger partial charge is 0.485 e. The summed E-state index contributed by atoms with van der Waals surface area (Å²) in [6.07, 6.45) is 6.44. The first-order valence-electron chi connectivity index (χ1n) is 11.6. The number of aromatic nitrogens is 3. The van der Waals surface area contributed by atoms with Gasteiger partial charge in [0.1, 0.15) is 35.8 Å². The monoisotopic (exact) mass is 482 g/mol. The van der Waals surface area contributed by atoms with Crippen LogP contribution in [-0.4, -0.2) is 46.1 Å². The first-order valence-corrected chi connectivity index (χ1v) is 11.6. The van der Waals surface area contributed by atoms with Crippen molar-refractivity contribution < 1.29 is 28.1 Å². The van der Waals surface area contributed by atoms with Crippen LogP contribution in [0.2, 0.25) is 0 Å². The van der Waals surface area contributed by atoms with Gasteiger partial charge in [0.05, 0.1) is 18.8 Å². The Morgan fingerprint density at radius 2 is 2.17 bits per heavy atom. The van der Waals surface area contributed by atoms with Crippen LogP contribution in [0.1, 0.15) is 55.6 Å². The van der Waals surface area contributed by atoms with E-state index in [2.05, 4.69) is 10.00 Å². The maximum Gasteiger partial charge on any atom is 0.343 e. The van der Waals surface area contributed by atoms with Gasteiger partial charge >= 0.3 is 5.97 Å². The van der Waals surface area contributed by atoms with Crippen molar-refractivity contribution in [3.63, 3.8) is 0 Å². The van der Waals surface area contributed by atoms with Gasteiger partial charge in [-0.05, 0) is 44.0 Å². The lowest BCUT2D eigenvalue weighted by atomic mass is 10.0. The Morgan fingerprint density at radius 3 is 2.94 bits per heavy atom. The van der Waals surface area contributed by atoms with E-state index in [-0.39, 0.29) is 25.1 Å². The van der Waals surface area contributed by atoms with Crippen molar-refractivity contribution >= 4 is 17.4 Å². The highest BCUT2D eigenvalue weighted by Gasteiger charge is 2.32. The Bertz CT molecular complexity index is 1290.